The summed E-state index contributed by atoms with van der Waals surface area (Å²) in [5.74, 6) is 0. The third kappa shape index (κ3) is 2.42. The van der Waals surface area contributed by atoms with E-state index in [0.717, 1.165) is 24.2 Å². The lowest BCUT2D eigenvalue weighted by molar-refractivity contribution is 0.351. The Morgan fingerprint density at radius 3 is 3.18 bits per heavy atom. The fourth-order valence-electron chi connectivity index (χ4n) is 2.35. The Hall–Kier alpha value is -1.55. The molecular formula is C13H17N3O. The first kappa shape index (κ1) is 10.6. The van der Waals surface area contributed by atoms with E-state index in [9.17, 15) is 0 Å². The van der Waals surface area contributed by atoms with Crippen LogP contribution in [0, 0.1) is 0 Å². The van der Waals surface area contributed by atoms with Crippen LogP contribution < -0.4 is 5.32 Å². The van der Waals surface area contributed by atoms with Crippen molar-refractivity contribution in [2.24, 2.45) is 0 Å². The molecule has 0 bridgehead atoms. The summed E-state index contributed by atoms with van der Waals surface area (Å²) in [7, 11) is 0. The van der Waals surface area contributed by atoms with E-state index in [2.05, 4.69) is 16.6 Å². The highest BCUT2D eigenvalue weighted by atomic mass is 16.3. The third-order valence-corrected chi connectivity index (χ3v) is 3.31. The summed E-state index contributed by atoms with van der Waals surface area (Å²) in [6.07, 6.45) is 11.3. The molecule has 1 N–H and O–H groups in total. The number of nitrogens with zero attached hydrogens (tertiary/aromatic N) is 2. The second-order valence-corrected chi connectivity index (χ2v) is 4.61. The van der Waals surface area contributed by atoms with Crippen molar-refractivity contribution < 1.29 is 4.42 Å². The molecule has 4 nitrogen and oxygen atoms in total. The SMILES string of the molecule is c1cc(-c2cnn(C[C@H]3CCCCN3)c2)co1. The summed E-state index contributed by atoms with van der Waals surface area (Å²) in [4.78, 5) is 0. The fraction of sp³-hybridized carbons (Fsp3) is 0.462. The Morgan fingerprint density at radius 2 is 2.41 bits per heavy atom. The van der Waals surface area contributed by atoms with Gasteiger partial charge in [-0.05, 0) is 25.5 Å². The fourth-order valence-corrected chi connectivity index (χ4v) is 2.35. The molecule has 3 heterocycles. The summed E-state index contributed by atoms with van der Waals surface area (Å²) in [5, 5.41) is 7.93. The van der Waals surface area contributed by atoms with Gasteiger partial charge in [0.2, 0.25) is 0 Å². The van der Waals surface area contributed by atoms with Crippen molar-refractivity contribution in [3.05, 3.63) is 31.0 Å². The van der Waals surface area contributed by atoms with E-state index in [0.29, 0.717) is 6.04 Å². The molecule has 1 fully saturated rings. The maximum atomic E-state index is 5.08. The number of aromatic nitrogens is 2. The van der Waals surface area contributed by atoms with E-state index in [-0.39, 0.29) is 0 Å². The van der Waals surface area contributed by atoms with Crippen LogP contribution in [-0.2, 0) is 6.54 Å². The number of furan rings is 1. The molecular weight excluding hydrogens is 214 g/mol. The lowest BCUT2D eigenvalue weighted by Gasteiger charge is -2.23. The van der Waals surface area contributed by atoms with Gasteiger partial charge in [0.1, 0.15) is 0 Å². The molecule has 1 aliphatic rings. The van der Waals surface area contributed by atoms with Crippen LogP contribution in [0.4, 0.5) is 0 Å². The quantitative estimate of drug-likeness (QED) is 0.881. The Balaban J connectivity index is 1.68. The van der Waals surface area contributed by atoms with Crippen molar-refractivity contribution in [1.82, 2.24) is 15.1 Å². The van der Waals surface area contributed by atoms with Gasteiger partial charge in [0.05, 0.1) is 25.3 Å². The lowest BCUT2D eigenvalue weighted by atomic mass is 10.1. The Labute approximate surface area is 101 Å². The first-order valence-corrected chi connectivity index (χ1v) is 6.20. The average Bonchev–Trinajstić information content (AvgIpc) is 3.00. The second kappa shape index (κ2) is 4.75. The number of piperidine rings is 1. The molecule has 0 radical (unpaired) electrons. The predicted octanol–water partition coefficient (Wildman–Crippen LogP) is 2.29. The molecule has 0 amide bonds. The van der Waals surface area contributed by atoms with E-state index >= 15 is 0 Å². The summed E-state index contributed by atoms with van der Waals surface area (Å²) in [6, 6.07) is 2.53. The lowest BCUT2D eigenvalue weighted by Crippen LogP contribution is -2.37. The van der Waals surface area contributed by atoms with E-state index in [1.165, 1.54) is 19.3 Å². The zero-order chi connectivity index (χ0) is 11.5. The highest BCUT2D eigenvalue weighted by molar-refractivity contribution is 5.59. The van der Waals surface area contributed by atoms with Gasteiger partial charge in [-0.1, -0.05) is 6.42 Å². The van der Waals surface area contributed by atoms with Crippen LogP contribution in [-0.4, -0.2) is 22.4 Å². The Bertz CT molecular complexity index is 455. The summed E-state index contributed by atoms with van der Waals surface area (Å²) in [6.45, 7) is 2.10. The molecule has 17 heavy (non-hydrogen) atoms. The smallest absolute Gasteiger partial charge is 0.0982 e. The minimum absolute atomic E-state index is 0.570. The normalized spacial score (nSPS) is 20.6. The topological polar surface area (TPSA) is 43.0 Å². The van der Waals surface area contributed by atoms with Gasteiger partial charge in [-0.25, -0.2) is 0 Å². The number of nitrogens with one attached hydrogen (secondary N) is 1. The van der Waals surface area contributed by atoms with Crippen LogP contribution in [0.25, 0.3) is 11.1 Å². The van der Waals surface area contributed by atoms with Crippen LogP contribution in [0.2, 0.25) is 0 Å². The first-order valence-electron chi connectivity index (χ1n) is 6.20. The molecule has 4 heteroatoms. The van der Waals surface area contributed by atoms with Gasteiger partial charge in [0.15, 0.2) is 0 Å². The Morgan fingerprint density at radius 1 is 1.41 bits per heavy atom. The van der Waals surface area contributed by atoms with Gasteiger partial charge in [-0.15, -0.1) is 0 Å². The largest absolute Gasteiger partial charge is 0.472 e. The summed E-state index contributed by atoms with van der Waals surface area (Å²) < 4.78 is 7.10. The molecule has 0 aliphatic carbocycles. The predicted molar refractivity (Wildman–Crippen MR) is 65.6 cm³/mol. The molecule has 90 valence electrons. The molecule has 0 spiro atoms. The molecule has 0 aromatic carbocycles. The van der Waals surface area contributed by atoms with Gasteiger partial charge >= 0.3 is 0 Å². The highest BCUT2D eigenvalue weighted by Gasteiger charge is 2.13. The second-order valence-electron chi connectivity index (χ2n) is 4.61. The van der Waals surface area contributed by atoms with Crippen molar-refractivity contribution >= 4 is 0 Å². The summed E-state index contributed by atoms with van der Waals surface area (Å²) in [5.41, 5.74) is 2.21. The van der Waals surface area contributed by atoms with Crippen molar-refractivity contribution in [2.45, 2.75) is 31.8 Å². The van der Waals surface area contributed by atoms with Gasteiger partial charge in [0, 0.05) is 23.4 Å². The van der Waals surface area contributed by atoms with Crippen molar-refractivity contribution in [3.63, 3.8) is 0 Å². The molecule has 1 aliphatic heterocycles. The molecule has 0 unspecified atom stereocenters. The van der Waals surface area contributed by atoms with E-state index in [4.69, 9.17) is 4.42 Å². The first-order chi connectivity index (χ1) is 8.42. The zero-order valence-electron chi connectivity index (χ0n) is 9.80. The number of hydrogen-bond acceptors (Lipinski definition) is 3. The van der Waals surface area contributed by atoms with Gasteiger partial charge in [0.25, 0.3) is 0 Å². The van der Waals surface area contributed by atoms with Crippen LogP contribution in [0.15, 0.2) is 35.4 Å². The van der Waals surface area contributed by atoms with E-state index in [1.807, 2.05) is 16.9 Å². The third-order valence-electron chi connectivity index (χ3n) is 3.31. The number of rotatable bonds is 3. The average molecular weight is 231 g/mol. The van der Waals surface area contributed by atoms with E-state index < -0.39 is 0 Å². The highest BCUT2D eigenvalue weighted by Crippen LogP contribution is 2.19. The van der Waals surface area contributed by atoms with Crippen molar-refractivity contribution in [3.8, 4) is 11.1 Å². The summed E-state index contributed by atoms with van der Waals surface area (Å²) >= 11 is 0. The maximum Gasteiger partial charge on any atom is 0.0982 e. The standard InChI is InChI=1S/C13H17N3O/c1-2-5-14-13(3-1)9-16-8-12(7-15-16)11-4-6-17-10-11/h4,6-8,10,13-14H,1-3,5,9H2/t13-/m1/s1. The van der Waals surface area contributed by atoms with Crippen LogP contribution >= 0.6 is 0 Å². The monoisotopic (exact) mass is 231 g/mol. The molecule has 0 saturated carbocycles. The van der Waals surface area contributed by atoms with Crippen LogP contribution in [0.5, 0.6) is 0 Å². The van der Waals surface area contributed by atoms with Crippen molar-refractivity contribution in [1.29, 1.82) is 0 Å². The minimum Gasteiger partial charge on any atom is -0.472 e. The van der Waals surface area contributed by atoms with Crippen molar-refractivity contribution in [2.75, 3.05) is 6.54 Å². The van der Waals surface area contributed by atoms with Gasteiger partial charge in [-0.2, -0.15) is 5.10 Å². The van der Waals surface area contributed by atoms with Crippen LogP contribution in [0.1, 0.15) is 19.3 Å². The molecule has 1 saturated heterocycles. The Kier molecular flexibility index (Phi) is 2.96. The van der Waals surface area contributed by atoms with Crippen LogP contribution in [0.3, 0.4) is 0 Å². The molecule has 1 atom stereocenters. The maximum absolute atomic E-state index is 5.08. The van der Waals surface area contributed by atoms with E-state index in [1.54, 1.807) is 12.5 Å². The molecule has 3 rings (SSSR count). The molecule has 2 aromatic heterocycles. The van der Waals surface area contributed by atoms with Gasteiger partial charge in [-0.3, -0.25) is 4.68 Å². The zero-order valence-corrected chi connectivity index (χ0v) is 9.80. The van der Waals surface area contributed by atoms with Gasteiger partial charge < -0.3 is 9.73 Å². The minimum atomic E-state index is 0.570. The number of hydrogen-bond donors (Lipinski definition) is 1. The molecule has 2 aromatic rings.